The average molecular weight is 333 g/mol. The lowest BCUT2D eigenvalue weighted by Gasteiger charge is -2.08. The summed E-state index contributed by atoms with van der Waals surface area (Å²) in [6.07, 6.45) is 1.18. The van der Waals surface area contributed by atoms with Crippen molar-refractivity contribution in [3.8, 4) is 0 Å². The molecule has 0 aliphatic heterocycles. The molecule has 2 aromatic rings. The Kier molecular flexibility index (Phi) is 6.01. The van der Waals surface area contributed by atoms with E-state index in [2.05, 4.69) is 10.1 Å². The lowest BCUT2D eigenvalue weighted by Crippen LogP contribution is -2.13. The quantitative estimate of drug-likeness (QED) is 0.820. The largest absolute Gasteiger partial charge is 0.465 e. The van der Waals surface area contributed by atoms with Gasteiger partial charge in [0.15, 0.2) is 0 Å². The highest BCUT2D eigenvalue weighted by Gasteiger charge is 2.12. The molecule has 0 fully saturated rings. The van der Waals surface area contributed by atoms with E-state index in [4.69, 9.17) is 0 Å². The number of esters is 1. The molecule has 0 heterocycles. The SMILES string of the molecule is COC(=O)c1ccc(F)c(NC(=O)CCCc2cccc(F)c2)c1. The second-order valence-electron chi connectivity index (χ2n) is 5.22. The fraction of sp³-hybridized carbons (Fsp3) is 0.222. The van der Waals surface area contributed by atoms with Crippen LogP contribution in [0.5, 0.6) is 0 Å². The number of amides is 1. The van der Waals surface area contributed by atoms with Crippen molar-refractivity contribution in [1.82, 2.24) is 0 Å². The van der Waals surface area contributed by atoms with Gasteiger partial charge in [-0.25, -0.2) is 13.6 Å². The Morgan fingerprint density at radius 3 is 2.62 bits per heavy atom. The molecule has 1 amide bonds. The molecule has 24 heavy (non-hydrogen) atoms. The van der Waals surface area contributed by atoms with Gasteiger partial charge in [0.2, 0.25) is 5.91 Å². The van der Waals surface area contributed by atoms with E-state index >= 15 is 0 Å². The first-order valence-electron chi connectivity index (χ1n) is 7.42. The number of benzene rings is 2. The first-order valence-corrected chi connectivity index (χ1v) is 7.42. The molecular formula is C18H17F2NO3. The van der Waals surface area contributed by atoms with Gasteiger partial charge in [-0.05, 0) is 48.7 Å². The van der Waals surface area contributed by atoms with Crippen molar-refractivity contribution in [2.24, 2.45) is 0 Å². The first kappa shape index (κ1) is 17.6. The number of hydrogen-bond donors (Lipinski definition) is 1. The van der Waals surface area contributed by atoms with Crippen molar-refractivity contribution < 1.29 is 23.1 Å². The topological polar surface area (TPSA) is 55.4 Å². The van der Waals surface area contributed by atoms with E-state index in [1.165, 1.54) is 31.4 Å². The molecule has 126 valence electrons. The number of nitrogens with one attached hydrogen (secondary N) is 1. The number of rotatable bonds is 6. The van der Waals surface area contributed by atoms with Gasteiger partial charge in [0.25, 0.3) is 0 Å². The van der Waals surface area contributed by atoms with E-state index in [1.54, 1.807) is 12.1 Å². The molecule has 0 saturated heterocycles. The van der Waals surface area contributed by atoms with Gasteiger partial charge in [0.1, 0.15) is 11.6 Å². The van der Waals surface area contributed by atoms with E-state index in [1.807, 2.05) is 0 Å². The highest BCUT2D eigenvalue weighted by atomic mass is 19.1. The van der Waals surface area contributed by atoms with Crippen molar-refractivity contribution in [2.75, 3.05) is 12.4 Å². The molecule has 0 aromatic heterocycles. The summed E-state index contributed by atoms with van der Waals surface area (Å²) in [5.74, 6) is -1.95. The van der Waals surface area contributed by atoms with Gasteiger partial charge in [-0.3, -0.25) is 4.79 Å². The Balaban J connectivity index is 1.91. The second kappa shape index (κ2) is 8.19. The zero-order valence-electron chi connectivity index (χ0n) is 13.1. The number of aryl methyl sites for hydroxylation is 1. The number of halogens is 2. The molecule has 0 spiro atoms. The van der Waals surface area contributed by atoms with Crippen LogP contribution in [0.2, 0.25) is 0 Å². The normalized spacial score (nSPS) is 10.3. The third-order valence-corrected chi connectivity index (χ3v) is 3.42. The van der Waals surface area contributed by atoms with Crippen LogP contribution >= 0.6 is 0 Å². The van der Waals surface area contributed by atoms with Crippen LogP contribution in [-0.4, -0.2) is 19.0 Å². The van der Waals surface area contributed by atoms with Crippen molar-refractivity contribution in [1.29, 1.82) is 0 Å². The summed E-state index contributed by atoms with van der Waals surface area (Å²) in [6, 6.07) is 9.75. The predicted octanol–water partition coefficient (Wildman–Crippen LogP) is 3.71. The van der Waals surface area contributed by atoms with Crippen LogP contribution in [0.4, 0.5) is 14.5 Å². The van der Waals surface area contributed by atoms with Gasteiger partial charge in [-0.1, -0.05) is 12.1 Å². The van der Waals surface area contributed by atoms with E-state index in [-0.39, 0.29) is 29.4 Å². The van der Waals surface area contributed by atoms with Gasteiger partial charge in [0.05, 0.1) is 18.4 Å². The fourth-order valence-corrected chi connectivity index (χ4v) is 2.22. The minimum atomic E-state index is -0.638. The molecule has 0 aliphatic rings. The molecule has 0 bridgehead atoms. The summed E-state index contributed by atoms with van der Waals surface area (Å²) in [5.41, 5.74) is 0.865. The fourth-order valence-electron chi connectivity index (χ4n) is 2.22. The van der Waals surface area contributed by atoms with Crippen LogP contribution in [0.25, 0.3) is 0 Å². The van der Waals surface area contributed by atoms with Gasteiger partial charge in [0, 0.05) is 6.42 Å². The Morgan fingerprint density at radius 2 is 1.92 bits per heavy atom. The zero-order valence-corrected chi connectivity index (χ0v) is 13.1. The number of carbonyl (C=O) groups is 2. The third-order valence-electron chi connectivity index (χ3n) is 3.42. The molecule has 2 aromatic carbocycles. The standard InChI is InChI=1S/C18H17F2NO3/c1-24-18(23)13-8-9-15(20)16(11-13)21-17(22)7-3-5-12-4-2-6-14(19)10-12/h2,4,6,8-11H,3,5,7H2,1H3,(H,21,22). The summed E-state index contributed by atoms with van der Waals surface area (Å²) in [6.45, 7) is 0. The second-order valence-corrected chi connectivity index (χ2v) is 5.22. The number of anilines is 1. The third kappa shape index (κ3) is 4.87. The van der Waals surface area contributed by atoms with Gasteiger partial charge in [-0.15, -0.1) is 0 Å². The Bertz CT molecular complexity index is 747. The number of hydrogen-bond acceptors (Lipinski definition) is 3. The average Bonchev–Trinajstić information content (AvgIpc) is 2.56. The summed E-state index contributed by atoms with van der Waals surface area (Å²) in [7, 11) is 1.22. The molecule has 0 radical (unpaired) electrons. The van der Waals surface area contributed by atoms with Crippen LogP contribution in [0.3, 0.4) is 0 Å². The number of methoxy groups -OCH3 is 1. The van der Waals surface area contributed by atoms with Crippen LogP contribution in [0.15, 0.2) is 42.5 Å². The highest BCUT2D eigenvalue weighted by molar-refractivity contribution is 5.94. The van der Waals surface area contributed by atoms with Gasteiger partial charge >= 0.3 is 5.97 Å². The molecule has 0 atom stereocenters. The van der Waals surface area contributed by atoms with Gasteiger partial charge in [-0.2, -0.15) is 0 Å². The molecular weight excluding hydrogens is 316 g/mol. The minimum absolute atomic E-state index is 0.0753. The molecule has 0 saturated carbocycles. The van der Waals surface area contributed by atoms with Crippen LogP contribution < -0.4 is 5.32 Å². The van der Waals surface area contributed by atoms with E-state index in [0.29, 0.717) is 12.8 Å². The summed E-state index contributed by atoms with van der Waals surface area (Å²) in [4.78, 5) is 23.3. The summed E-state index contributed by atoms with van der Waals surface area (Å²) >= 11 is 0. The Morgan fingerprint density at radius 1 is 1.12 bits per heavy atom. The molecule has 2 rings (SSSR count). The zero-order chi connectivity index (χ0) is 17.5. The number of ether oxygens (including phenoxy) is 1. The predicted molar refractivity (Wildman–Crippen MR) is 85.7 cm³/mol. The first-order chi connectivity index (χ1) is 11.5. The van der Waals surface area contributed by atoms with Crippen LogP contribution in [0.1, 0.15) is 28.8 Å². The number of carbonyl (C=O) groups excluding carboxylic acids is 2. The smallest absolute Gasteiger partial charge is 0.337 e. The maximum Gasteiger partial charge on any atom is 0.337 e. The molecule has 4 nitrogen and oxygen atoms in total. The van der Waals surface area contributed by atoms with Crippen LogP contribution in [0, 0.1) is 11.6 Å². The van der Waals surface area contributed by atoms with Crippen molar-refractivity contribution in [3.63, 3.8) is 0 Å². The van der Waals surface area contributed by atoms with Gasteiger partial charge < -0.3 is 10.1 Å². The van der Waals surface area contributed by atoms with E-state index < -0.39 is 11.8 Å². The van der Waals surface area contributed by atoms with Crippen molar-refractivity contribution in [3.05, 3.63) is 65.2 Å². The van der Waals surface area contributed by atoms with Crippen LogP contribution in [-0.2, 0) is 16.0 Å². The summed E-state index contributed by atoms with van der Waals surface area (Å²) < 4.78 is 31.3. The monoisotopic (exact) mass is 333 g/mol. The summed E-state index contributed by atoms with van der Waals surface area (Å²) in [5, 5.41) is 2.43. The van der Waals surface area contributed by atoms with Crippen molar-refractivity contribution >= 4 is 17.6 Å². The lowest BCUT2D eigenvalue weighted by molar-refractivity contribution is -0.116. The maximum atomic E-state index is 13.7. The minimum Gasteiger partial charge on any atom is -0.465 e. The Hall–Kier alpha value is -2.76. The molecule has 0 unspecified atom stereocenters. The molecule has 6 heteroatoms. The molecule has 0 aliphatic carbocycles. The molecule has 1 N–H and O–H groups in total. The maximum absolute atomic E-state index is 13.7. The Labute approximate surface area is 138 Å². The van der Waals surface area contributed by atoms with Crippen molar-refractivity contribution in [2.45, 2.75) is 19.3 Å². The van der Waals surface area contributed by atoms with E-state index in [9.17, 15) is 18.4 Å². The highest BCUT2D eigenvalue weighted by Crippen LogP contribution is 2.17. The van der Waals surface area contributed by atoms with E-state index in [0.717, 1.165) is 11.6 Å². The lowest BCUT2D eigenvalue weighted by atomic mass is 10.1.